The monoisotopic (exact) mass is 449 g/mol. The van der Waals surface area contributed by atoms with Gasteiger partial charge in [0.15, 0.2) is 0 Å². The van der Waals surface area contributed by atoms with E-state index in [0.29, 0.717) is 11.0 Å². The largest absolute Gasteiger partial charge is 0.463 e. The number of alkyl carbamates (subject to hydrolysis) is 1. The Balaban J connectivity index is 1.75. The summed E-state index contributed by atoms with van der Waals surface area (Å²) in [5.74, 6) is -0.554. The number of ether oxygens (including phenoxy) is 1. The smallest absolute Gasteiger partial charge is 0.408 e. The van der Waals surface area contributed by atoms with E-state index in [2.05, 4.69) is 15.8 Å². The van der Waals surface area contributed by atoms with Crippen molar-refractivity contribution in [2.45, 2.75) is 45.8 Å². The SMILES string of the molecule is Cc1ccc2occ(/C=N/NC(=O)[C@H](Cc3ccccc3)NC(=O)OC(C)(C)C)c(=O)c2c1. The predicted octanol–water partition coefficient (Wildman–Crippen LogP) is 3.69. The van der Waals surface area contributed by atoms with E-state index in [4.69, 9.17) is 9.15 Å². The van der Waals surface area contributed by atoms with Crippen LogP contribution in [0.15, 0.2) is 69.1 Å². The fourth-order valence-corrected chi connectivity index (χ4v) is 3.10. The number of hydrazone groups is 1. The van der Waals surface area contributed by atoms with Gasteiger partial charge in [-0.2, -0.15) is 5.10 Å². The minimum atomic E-state index is -0.935. The first-order valence-electron chi connectivity index (χ1n) is 10.5. The van der Waals surface area contributed by atoms with Crippen LogP contribution in [0.1, 0.15) is 37.5 Å². The molecule has 0 saturated carbocycles. The number of hydrogen-bond acceptors (Lipinski definition) is 6. The van der Waals surface area contributed by atoms with Crippen molar-refractivity contribution in [3.63, 3.8) is 0 Å². The van der Waals surface area contributed by atoms with Crippen LogP contribution in [0, 0.1) is 6.92 Å². The Hall–Kier alpha value is -3.94. The van der Waals surface area contributed by atoms with Gasteiger partial charge in [-0.15, -0.1) is 0 Å². The van der Waals surface area contributed by atoms with Crippen LogP contribution in [0.25, 0.3) is 11.0 Å². The van der Waals surface area contributed by atoms with E-state index in [1.807, 2.05) is 43.3 Å². The van der Waals surface area contributed by atoms with Crippen LogP contribution >= 0.6 is 0 Å². The third-order valence-corrected chi connectivity index (χ3v) is 4.62. The maximum atomic E-state index is 12.8. The summed E-state index contributed by atoms with van der Waals surface area (Å²) < 4.78 is 10.8. The number of nitrogens with one attached hydrogen (secondary N) is 2. The van der Waals surface area contributed by atoms with E-state index in [9.17, 15) is 14.4 Å². The van der Waals surface area contributed by atoms with E-state index < -0.39 is 23.6 Å². The van der Waals surface area contributed by atoms with Crippen molar-refractivity contribution >= 4 is 29.2 Å². The van der Waals surface area contributed by atoms with Gasteiger partial charge in [0.25, 0.3) is 5.91 Å². The molecule has 0 fully saturated rings. The van der Waals surface area contributed by atoms with Crippen LogP contribution in [-0.4, -0.2) is 29.9 Å². The quantitative estimate of drug-likeness (QED) is 0.441. The molecular formula is C25H27N3O5. The fourth-order valence-electron chi connectivity index (χ4n) is 3.10. The average Bonchev–Trinajstić information content (AvgIpc) is 2.74. The van der Waals surface area contributed by atoms with Crippen molar-refractivity contribution in [3.05, 3.63) is 81.7 Å². The molecule has 2 amide bonds. The van der Waals surface area contributed by atoms with E-state index in [1.165, 1.54) is 12.5 Å². The molecule has 3 rings (SSSR count). The summed E-state index contributed by atoms with van der Waals surface area (Å²) in [6.07, 6.45) is 2.03. The molecule has 1 aromatic heterocycles. The molecule has 0 saturated heterocycles. The molecule has 0 aliphatic carbocycles. The zero-order chi connectivity index (χ0) is 24.0. The number of rotatable bonds is 6. The van der Waals surface area contributed by atoms with Crippen LogP contribution in [0.4, 0.5) is 4.79 Å². The first-order chi connectivity index (χ1) is 15.6. The van der Waals surface area contributed by atoms with Crippen LogP contribution in [0.2, 0.25) is 0 Å². The highest BCUT2D eigenvalue weighted by Gasteiger charge is 2.24. The molecule has 1 atom stereocenters. The molecule has 172 valence electrons. The van der Waals surface area contributed by atoms with Gasteiger partial charge in [-0.1, -0.05) is 42.0 Å². The average molecular weight is 450 g/mol. The lowest BCUT2D eigenvalue weighted by Crippen LogP contribution is -2.48. The lowest BCUT2D eigenvalue weighted by Gasteiger charge is -2.23. The standard InChI is InChI=1S/C25H27N3O5/c1-16-10-11-21-19(12-16)22(29)18(15-32-21)14-26-28-23(30)20(13-17-8-6-5-7-9-17)27-24(31)33-25(2,3)4/h5-12,14-15,20H,13H2,1-4H3,(H,27,31)(H,28,30)/b26-14+/t20-/m0/s1. The Kier molecular flexibility index (Phi) is 7.27. The fraction of sp³-hybridized carbons (Fsp3) is 0.280. The molecule has 0 unspecified atom stereocenters. The lowest BCUT2D eigenvalue weighted by molar-refractivity contribution is -0.123. The van der Waals surface area contributed by atoms with Crippen molar-refractivity contribution in [2.24, 2.45) is 5.10 Å². The maximum Gasteiger partial charge on any atom is 0.408 e. The zero-order valence-corrected chi connectivity index (χ0v) is 19.0. The highest BCUT2D eigenvalue weighted by molar-refractivity contribution is 5.89. The van der Waals surface area contributed by atoms with Crippen molar-refractivity contribution in [1.82, 2.24) is 10.7 Å². The molecule has 0 aliphatic rings. The number of carbonyl (C=O) groups excluding carboxylic acids is 2. The highest BCUT2D eigenvalue weighted by atomic mass is 16.6. The molecular weight excluding hydrogens is 422 g/mol. The molecule has 3 aromatic rings. The minimum absolute atomic E-state index is 0.188. The zero-order valence-electron chi connectivity index (χ0n) is 19.0. The number of hydrogen-bond donors (Lipinski definition) is 2. The van der Waals surface area contributed by atoms with Gasteiger partial charge in [0.1, 0.15) is 23.5 Å². The summed E-state index contributed by atoms with van der Waals surface area (Å²) in [6.45, 7) is 7.09. The molecule has 2 N–H and O–H groups in total. The summed E-state index contributed by atoms with van der Waals surface area (Å²) in [4.78, 5) is 37.7. The van der Waals surface area contributed by atoms with Gasteiger partial charge in [0.05, 0.1) is 17.2 Å². The van der Waals surface area contributed by atoms with Crippen LogP contribution in [-0.2, 0) is 16.0 Å². The number of benzene rings is 2. The highest BCUT2D eigenvalue weighted by Crippen LogP contribution is 2.13. The van der Waals surface area contributed by atoms with E-state index >= 15 is 0 Å². The van der Waals surface area contributed by atoms with Gasteiger partial charge in [-0.3, -0.25) is 9.59 Å². The van der Waals surface area contributed by atoms with Gasteiger partial charge in [-0.25, -0.2) is 10.2 Å². The summed E-state index contributed by atoms with van der Waals surface area (Å²) in [5.41, 5.74) is 3.85. The van der Waals surface area contributed by atoms with Crippen molar-refractivity contribution < 1.29 is 18.7 Å². The van der Waals surface area contributed by atoms with Crippen molar-refractivity contribution in [3.8, 4) is 0 Å². The second-order valence-corrected chi connectivity index (χ2v) is 8.64. The van der Waals surface area contributed by atoms with Gasteiger partial charge < -0.3 is 14.5 Å². The normalized spacial score (nSPS) is 12.5. The first-order valence-corrected chi connectivity index (χ1v) is 10.5. The number of carbonyl (C=O) groups is 2. The summed E-state index contributed by atoms with van der Waals surface area (Å²) in [6, 6.07) is 13.6. The molecule has 1 heterocycles. The van der Waals surface area contributed by atoms with Crippen LogP contribution in [0.5, 0.6) is 0 Å². The topological polar surface area (TPSA) is 110 Å². The van der Waals surface area contributed by atoms with E-state index in [0.717, 1.165) is 11.1 Å². The Morgan fingerprint density at radius 3 is 2.58 bits per heavy atom. The number of nitrogens with zero attached hydrogens (tertiary/aromatic N) is 1. The van der Waals surface area contributed by atoms with Gasteiger partial charge >= 0.3 is 6.09 Å². The van der Waals surface area contributed by atoms with Gasteiger partial charge in [0, 0.05) is 6.42 Å². The molecule has 33 heavy (non-hydrogen) atoms. The summed E-state index contributed by atoms with van der Waals surface area (Å²) in [7, 11) is 0. The number of amides is 2. The molecule has 0 spiro atoms. The van der Waals surface area contributed by atoms with Crippen molar-refractivity contribution in [2.75, 3.05) is 0 Å². The first kappa shape index (κ1) is 23.7. The molecule has 2 aromatic carbocycles. The molecule has 0 aliphatic heterocycles. The van der Waals surface area contributed by atoms with E-state index in [-0.39, 0.29) is 17.4 Å². The Bertz CT molecular complexity index is 1230. The summed E-state index contributed by atoms with van der Waals surface area (Å²) in [5, 5.41) is 6.91. The van der Waals surface area contributed by atoms with E-state index in [1.54, 1.807) is 32.9 Å². The second kappa shape index (κ2) is 10.1. The molecule has 8 nitrogen and oxygen atoms in total. The van der Waals surface area contributed by atoms with Gasteiger partial charge in [-0.05, 0) is 45.4 Å². The molecule has 0 radical (unpaired) electrons. The lowest BCUT2D eigenvalue weighted by atomic mass is 10.1. The van der Waals surface area contributed by atoms with Crippen LogP contribution in [0.3, 0.4) is 0 Å². The Labute approximate surface area is 191 Å². The summed E-state index contributed by atoms with van der Waals surface area (Å²) >= 11 is 0. The second-order valence-electron chi connectivity index (χ2n) is 8.64. The minimum Gasteiger partial charge on any atom is -0.463 e. The Morgan fingerprint density at radius 1 is 1.15 bits per heavy atom. The third-order valence-electron chi connectivity index (χ3n) is 4.62. The van der Waals surface area contributed by atoms with Crippen LogP contribution < -0.4 is 16.2 Å². The number of aryl methyl sites for hydroxylation is 1. The van der Waals surface area contributed by atoms with Gasteiger partial charge in [0.2, 0.25) is 5.43 Å². The molecule has 0 bridgehead atoms. The van der Waals surface area contributed by atoms with Crippen molar-refractivity contribution in [1.29, 1.82) is 0 Å². The Morgan fingerprint density at radius 2 is 1.88 bits per heavy atom. The number of fused-ring (bicyclic) bond motifs is 1. The molecule has 8 heteroatoms. The maximum absolute atomic E-state index is 12.8. The predicted molar refractivity (Wildman–Crippen MR) is 126 cm³/mol. The third kappa shape index (κ3) is 6.77.